The van der Waals surface area contributed by atoms with Gasteiger partial charge >= 0.3 is 6.18 Å². The molecule has 1 spiro atoms. The van der Waals surface area contributed by atoms with Gasteiger partial charge in [-0.1, -0.05) is 6.07 Å². The second kappa shape index (κ2) is 9.36. The predicted octanol–water partition coefficient (Wildman–Crippen LogP) is 2.63. The van der Waals surface area contributed by atoms with Crippen LogP contribution < -0.4 is 15.4 Å². The number of amides is 2. The van der Waals surface area contributed by atoms with E-state index >= 15 is 0 Å². The first kappa shape index (κ1) is 26.7. The number of nitrogens with zero attached hydrogens (tertiary/aromatic N) is 3. The van der Waals surface area contributed by atoms with E-state index in [2.05, 4.69) is 20.7 Å². The lowest BCUT2D eigenvalue weighted by Crippen LogP contribution is -2.49. The SMILES string of the molecule is Cc1ccc(-n2nc3c(c2NC(=O)CS(C)(=O)=O)C(=O)N[C@@]2(CCc4cc(OCC(F)(F)F)ccc42)C3)cn1. The van der Waals surface area contributed by atoms with Gasteiger partial charge in [0, 0.05) is 18.4 Å². The zero-order valence-corrected chi connectivity index (χ0v) is 21.7. The van der Waals surface area contributed by atoms with Gasteiger partial charge in [0.1, 0.15) is 22.9 Å². The summed E-state index contributed by atoms with van der Waals surface area (Å²) in [5.74, 6) is -2.03. The molecular formula is C25H24F3N5O5S. The van der Waals surface area contributed by atoms with Crippen LogP contribution in [0.3, 0.4) is 0 Å². The standard InChI is InChI=1S/C25H24F3N5O5S/c1-14-3-4-16(11-29-14)33-22(30-20(34)12-39(2,36)37)21-19(32-33)10-24(31-23(21)35)8-7-15-9-17(5-6-18(15)24)38-13-25(26,27)28/h3-6,9,11H,7-8,10,12-13H2,1-2H3,(H,30,34)(H,31,35)/t24-/m0/s1. The van der Waals surface area contributed by atoms with Crippen molar-refractivity contribution >= 4 is 27.5 Å². The highest BCUT2D eigenvalue weighted by Crippen LogP contribution is 2.44. The first-order valence-electron chi connectivity index (χ1n) is 11.9. The number of fused-ring (bicyclic) bond motifs is 3. The van der Waals surface area contributed by atoms with Gasteiger partial charge in [-0.3, -0.25) is 14.6 Å². The summed E-state index contributed by atoms with van der Waals surface area (Å²) in [7, 11) is -3.64. The Morgan fingerprint density at radius 1 is 1.26 bits per heavy atom. The van der Waals surface area contributed by atoms with E-state index in [-0.39, 0.29) is 23.6 Å². The number of aromatic nitrogens is 3. The van der Waals surface area contributed by atoms with Crippen molar-refractivity contribution in [3.63, 3.8) is 0 Å². The molecule has 1 aliphatic carbocycles. The molecule has 10 nitrogen and oxygen atoms in total. The van der Waals surface area contributed by atoms with Crippen molar-refractivity contribution in [3.05, 3.63) is 64.6 Å². The molecular weight excluding hydrogens is 539 g/mol. The summed E-state index contributed by atoms with van der Waals surface area (Å²) < 4.78 is 67.3. The normalized spacial score (nSPS) is 18.4. The summed E-state index contributed by atoms with van der Waals surface area (Å²) in [4.78, 5) is 30.3. The largest absolute Gasteiger partial charge is 0.484 e. The van der Waals surface area contributed by atoms with Crippen LogP contribution in [-0.4, -0.2) is 59.8 Å². The molecule has 3 heterocycles. The Labute approximate surface area is 221 Å². The number of carbonyl (C=O) groups excluding carboxylic acids is 2. The van der Waals surface area contributed by atoms with Gasteiger partial charge in [-0.15, -0.1) is 0 Å². The van der Waals surface area contributed by atoms with E-state index in [0.717, 1.165) is 23.1 Å². The minimum Gasteiger partial charge on any atom is -0.484 e. The van der Waals surface area contributed by atoms with Gasteiger partial charge in [0.15, 0.2) is 16.4 Å². The van der Waals surface area contributed by atoms with Gasteiger partial charge in [0.2, 0.25) is 5.91 Å². The van der Waals surface area contributed by atoms with E-state index in [9.17, 15) is 31.2 Å². The van der Waals surface area contributed by atoms with Crippen LogP contribution in [0, 0.1) is 6.92 Å². The Morgan fingerprint density at radius 3 is 2.69 bits per heavy atom. The van der Waals surface area contributed by atoms with Crippen LogP contribution in [0.5, 0.6) is 5.75 Å². The maximum Gasteiger partial charge on any atom is 0.422 e. The van der Waals surface area contributed by atoms with E-state index in [1.165, 1.54) is 16.9 Å². The Bertz CT molecular complexity index is 1580. The molecule has 0 saturated carbocycles. The van der Waals surface area contributed by atoms with Crippen molar-refractivity contribution in [3.8, 4) is 11.4 Å². The first-order chi connectivity index (χ1) is 18.2. The molecule has 5 rings (SSSR count). The monoisotopic (exact) mass is 563 g/mol. The lowest BCUT2D eigenvalue weighted by Gasteiger charge is -2.35. The quantitative estimate of drug-likeness (QED) is 0.471. The molecule has 0 fully saturated rings. The zero-order valence-electron chi connectivity index (χ0n) is 20.9. The fourth-order valence-corrected chi connectivity index (χ4v) is 5.57. The van der Waals surface area contributed by atoms with Gasteiger partial charge < -0.3 is 15.4 Å². The Kier molecular flexibility index (Phi) is 6.40. The second-order valence-electron chi connectivity index (χ2n) is 9.79. The third kappa shape index (κ3) is 5.46. The highest BCUT2D eigenvalue weighted by atomic mass is 32.2. The number of aryl methyl sites for hydroxylation is 2. The van der Waals surface area contributed by atoms with Crippen LogP contribution >= 0.6 is 0 Å². The van der Waals surface area contributed by atoms with Crippen molar-refractivity contribution in [1.29, 1.82) is 0 Å². The second-order valence-corrected chi connectivity index (χ2v) is 11.9. The summed E-state index contributed by atoms with van der Waals surface area (Å²) in [6, 6.07) is 8.06. The fourth-order valence-electron chi connectivity index (χ4n) is 5.02. The minimum absolute atomic E-state index is 0.0192. The molecule has 206 valence electrons. The van der Waals surface area contributed by atoms with Crippen molar-refractivity contribution in [2.45, 2.75) is 37.9 Å². The number of benzene rings is 1. The Hall–Kier alpha value is -3.94. The summed E-state index contributed by atoms with van der Waals surface area (Å²) in [5, 5.41) is 10.2. The Balaban J connectivity index is 1.52. The number of anilines is 1. The van der Waals surface area contributed by atoms with Gasteiger partial charge in [-0.2, -0.15) is 18.3 Å². The molecule has 0 saturated heterocycles. The van der Waals surface area contributed by atoms with Crippen LogP contribution in [0.1, 0.15) is 39.3 Å². The molecule has 0 bridgehead atoms. The molecule has 1 atom stereocenters. The van der Waals surface area contributed by atoms with Gasteiger partial charge in [-0.25, -0.2) is 13.1 Å². The summed E-state index contributed by atoms with van der Waals surface area (Å²) >= 11 is 0. The number of nitrogens with one attached hydrogen (secondary N) is 2. The van der Waals surface area contributed by atoms with E-state index in [1.54, 1.807) is 31.2 Å². The molecule has 2 N–H and O–H groups in total. The lowest BCUT2D eigenvalue weighted by molar-refractivity contribution is -0.153. The molecule has 14 heteroatoms. The molecule has 3 aromatic rings. The molecule has 1 aliphatic heterocycles. The average Bonchev–Trinajstić information content (AvgIpc) is 3.35. The van der Waals surface area contributed by atoms with Crippen LogP contribution in [0.15, 0.2) is 36.5 Å². The lowest BCUT2D eigenvalue weighted by atomic mass is 9.82. The van der Waals surface area contributed by atoms with E-state index < -0.39 is 45.7 Å². The molecule has 2 aliphatic rings. The molecule has 0 radical (unpaired) electrons. The van der Waals surface area contributed by atoms with Gasteiger partial charge in [-0.05, 0) is 55.2 Å². The summed E-state index contributed by atoms with van der Waals surface area (Å²) in [6.45, 7) is 0.386. The summed E-state index contributed by atoms with van der Waals surface area (Å²) in [6.07, 6.45) is -0.809. The van der Waals surface area contributed by atoms with E-state index in [1.807, 2.05) is 0 Å². The molecule has 39 heavy (non-hydrogen) atoms. The molecule has 2 amide bonds. The predicted molar refractivity (Wildman–Crippen MR) is 134 cm³/mol. The first-order valence-corrected chi connectivity index (χ1v) is 14.0. The number of pyridine rings is 1. The van der Waals surface area contributed by atoms with Crippen LogP contribution in [0.25, 0.3) is 5.69 Å². The third-order valence-electron chi connectivity index (χ3n) is 6.61. The zero-order chi connectivity index (χ0) is 28.2. The number of alkyl halides is 3. The van der Waals surface area contributed by atoms with Crippen LogP contribution in [-0.2, 0) is 33.0 Å². The smallest absolute Gasteiger partial charge is 0.422 e. The van der Waals surface area contributed by atoms with Gasteiger partial charge in [0.25, 0.3) is 5.91 Å². The molecule has 1 aromatic carbocycles. The van der Waals surface area contributed by atoms with Crippen molar-refractivity contribution < 1.29 is 35.9 Å². The number of carbonyl (C=O) groups is 2. The average molecular weight is 564 g/mol. The van der Waals surface area contributed by atoms with E-state index in [4.69, 9.17) is 4.74 Å². The molecule has 2 aromatic heterocycles. The topological polar surface area (TPSA) is 132 Å². The number of sulfone groups is 1. The van der Waals surface area contributed by atoms with Gasteiger partial charge in [0.05, 0.1) is 23.1 Å². The maximum atomic E-state index is 13.5. The van der Waals surface area contributed by atoms with Crippen LogP contribution in [0.2, 0.25) is 0 Å². The van der Waals surface area contributed by atoms with E-state index in [0.29, 0.717) is 24.2 Å². The maximum absolute atomic E-state index is 13.5. The minimum atomic E-state index is -4.46. The number of hydrogen-bond donors (Lipinski definition) is 2. The number of rotatable bonds is 6. The highest BCUT2D eigenvalue weighted by Gasteiger charge is 2.47. The van der Waals surface area contributed by atoms with Crippen molar-refractivity contribution in [2.75, 3.05) is 23.9 Å². The van der Waals surface area contributed by atoms with Crippen molar-refractivity contribution in [2.24, 2.45) is 0 Å². The highest BCUT2D eigenvalue weighted by molar-refractivity contribution is 7.91. The number of ether oxygens (including phenoxy) is 1. The number of halogens is 3. The summed E-state index contributed by atoms with van der Waals surface area (Å²) in [5.41, 5.74) is 2.29. The fraction of sp³-hybridized carbons (Fsp3) is 0.360. The van der Waals surface area contributed by atoms with Crippen molar-refractivity contribution in [1.82, 2.24) is 20.1 Å². The number of hydrogen-bond acceptors (Lipinski definition) is 7. The molecule has 0 unspecified atom stereocenters. The van der Waals surface area contributed by atoms with Crippen LogP contribution in [0.4, 0.5) is 19.0 Å². The Morgan fingerprint density at radius 2 is 2.03 bits per heavy atom. The third-order valence-corrected chi connectivity index (χ3v) is 7.40.